The number of rotatable bonds is 8. The molecule has 0 aliphatic heterocycles. The van der Waals surface area contributed by atoms with E-state index in [9.17, 15) is 4.79 Å². The summed E-state index contributed by atoms with van der Waals surface area (Å²) in [5.74, 6) is 1.89. The minimum absolute atomic E-state index is 0. The third kappa shape index (κ3) is 13.0. The highest BCUT2D eigenvalue weighted by molar-refractivity contribution is 5.76. The number of carboxylic acid groups (broad SMARTS) is 1. The summed E-state index contributed by atoms with van der Waals surface area (Å²) in [4.78, 5) is 10.9. The molecule has 4 nitrogen and oxygen atoms in total. The smallest absolute Gasteiger partial charge is 0.347 e. The summed E-state index contributed by atoms with van der Waals surface area (Å²) in [6, 6.07) is 16.0. The molecule has 1 N–H and O–H groups in total. The number of carbonyl (C=O) groups is 1. The molecule has 0 unspecified atom stereocenters. The molecule has 0 bridgehead atoms. The van der Waals surface area contributed by atoms with Crippen molar-refractivity contribution in [2.24, 2.45) is 11.8 Å². The molecule has 4 heteroatoms. The van der Waals surface area contributed by atoms with Crippen molar-refractivity contribution in [3.63, 3.8) is 0 Å². The first-order chi connectivity index (χ1) is 14.7. The van der Waals surface area contributed by atoms with E-state index in [-0.39, 0.29) is 13.0 Å². The first-order valence-electron chi connectivity index (χ1n) is 11.5. The van der Waals surface area contributed by atoms with Gasteiger partial charge in [-0.2, -0.15) is 0 Å². The Morgan fingerprint density at radius 2 is 1.06 bits per heavy atom. The van der Waals surface area contributed by atoms with Crippen LogP contribution in [0.25, 0.3) is 0 Å². The van der Waals surface area contributed by atoms with Crippen LogP contribution in [0.15, 0.2) is 48.5 Å². The van der Waals surface area contributed by atoms with Gasteiger partial charge < -0.3 is 14.6 Å². The summed E-state index contributed by atoms with van der Waals surface area (Å²) in [7, 11) is 0. The zero-order chi connectivity index (χ0) is 24.5. The van der Waals surface area contributed by atoms with Gasteiger partial charge in [-0.05, 0) is 94.7 Å². The fraction of sp³-hybridized carbons (Fsp3) is 0.552. The van der Waals surface area contributed by atoms with Crippen LogP contribution in [0.4, 0.5) is 0 Å². The Balaban J connectivity index is 0.000000607. The average molecular weight is 459 g/mol. The quantitative estimate of drug-likeness (QED) is 0.438. The van der Waals surface area contributed by atoms with Crippen molar-refractivity contribution in [3.05, 3.63) is 59.7 Å². The molecular weight excluding hydrogens is 412 g/mol. The van der Waals surface area contributed by atoms with Crippen LogP contribution < -0.4 is 9.47 Å². The van der Waals surface area contributed by atoms with Gasteiger partial charge in [0.2, 0.25) is 0 Å². The summed E-state index contributed by atoms with van der Waals surface area (Å²) < 4.78 is 11.2. The van der Waals surface area contributed by atoms with E-state index < -0.39 is 11.6 Å². The first kappa shape index (κ1) is 30.5. The van der Waals surface area contributed by atoms with Crippen molar-refractivity contribution >= 4 is 5.97 Å². The monoisotopic (exact) mass is 458 g/mol. The van der Waals surface area contributed by atoms with E-state index >= 15 is 0 Å². The van der Waals surface area contributed by atoms with Crippen LogP contribution in [-0.2, 0) is 17.6 Å². The lowest BCUT2D eigenvalue weighted by Gasteiger charge is -2.21. The highest BCUT2D eigenvalue weighted by atomic mass is 16.5. The number of hydrogen-bond acceptors (Lipinski definition) is 3. The van der Waals surface area contributed by atoms with Crippen LogP contribution in [0.5, 0.6) is 11.5 Å². The van der Waals surface area contributed by atoms with Crippen LogP contribution in [-0.4, -0.2) is 22.3 Å². The van der Waals surface area contributed by atoms with E-state index in [1.165, 1.54) is 25.0 Å². The van der Waals surface area contributed by atoms with Gasteiger partial charge in [-0.3, -0.25) is 0 Å². The summed E-state index contributed by atoms with van der Waals surface area (Å²) >= 11 is 0. The highest BCUT2D eigenvalue weighted by Crippen LogP contribution is 2.21. The summed E-state index contributed by atoms with van der Waals surface area (Å²) in [6.45, 7) is 18.1. The maximum absolute atomic E-state index is 10.9. The van der Waals surface area contributed by atoms with Crippen molar-refractivity contribution in [3.8, 4) is 11.5 Å². The molecule has 0 saturated carbocycles. The van der Waals surface area contributed by atoms with Crippen LogP contribution in [0.2, 0.25) is 0 Å². The van der Waals surface area contributed by atoms with Crippen molar-refractivity contribution in [2.75, 3.05) is 0 Å². The van der Waals surface area contributed by atoms with Crippen LogP contribution in [0.1, 0.15) is 80.9 Å². The summed E-state index contributed by atoms with van der Waals surface area (Å²) in [5, 5.41) is 8.95. The number of benzene rings is 2. The Bertz CT molecular complexity index is 810. The zero-order valence-corrected chi connectivity index (χ0v) is 21.4. The predicted octanol–water partition coefficient (Wildman–Crippen LogP) is 7.83. The third-order valence-electron chi connectivity index (χ3n) is 4.45. The molecule has 2 rings (SSSR count). The molecule has 0 saturated heterocycles. The summed E-state index contributed by atoms with van der Waals surface area (Å²) in [5.41, 5.74) is 1.31. The molecule has 0 radical (unpaired) electrons. The maximum atomic E-state index is 10.9. The fourth-order valence-electron chi connectivity index (χ4n) is 3.02. The van der Waals surface area contributed by atoms with Crippen molar-refractivity contribution < 1.29 is 19.4 Å². The largest absolute Gasteiger partial charge is 0.488 e. The van der Waals surface area contributed by atoms with E-state index in [2.05, 4.69) is 72.7 Å². The van der Waals surface area contributed by atoms with Crippen LogP contribution >= 0.6 is 0 Å². The van der Waals surface area contributed by atoms with Gasteiger partial charge in [-0.15, -0.1) is 0 Å². The molecule has 0 spiro atoms. The second kappa shape index (κ2) is 13.3. The van der Waals surface area contributed by atoms with Crippen LogP contribution in [0.3, 0.4) is 0 Å². The summed E-state index contributed by atoms with van der Waals surface area (Å²) in [6.07, 6.45) is 2.15. The number of carboxylic acids is 1. The Kier molecular flexibility index (Phi) is 12.3. The SMILES string of the molecule is C.CC(C)Cc1ccc(OC(C)(C)C(=O)O)cc1.CC(C)Cc1ccc(OC(C)(C)C)cc1. The van der Waals surface area contributed by atoms with E-state index in [4.69, 9.17) is 14.6 Å². The van der Waals surface area contributed by atoms with Crippen LogP contribution in [0, 0.1) is 11.8 Å². The predicted molar refractivity (Wildman–Crippen MR) is 139 cm³/mol. The molecule has 0 heterocycles. The minimum Gasteiger partial charge on any atom is -0.488 e. The Morgan fingerprint density at radius 1 is 0.727 bits per heavy atom. The van der Waals surface area contributed by atoms with Gasteiger partial charge >= 0.3 is 5.97 Å². The van der Waals surface area contributed by atoms with Gasteiger partial charge in [0.25, 0.3) is 0 Å². The second-order valence-corrected chi connectivity index (χ2v) is 10.6. The number of aliphatic carboxylic acids is 1. The topological polar surface area (TPSA) is 55.8 Å². The number of hydrogen-bond donors (Lipinski definition) is 1. The van der Waals surface area contributed by atoms with E-state index in [0.29, 0.717) is 17.6 Å². The molecule has 0 aliphatic rings. The van der Waals surface area contributed by atoms with Crippen molar-refractivity contribution in [1.82, 2.24) is 0 Å². The van der Waals surface area contributed by atoms with Gasteiger partial charge in [0.15, 0.2) is 5.60 Å². The van der Waals surface area contributed by atoms with Crippen molar-refractivity contribution in [1.29, 1.82) is 0 Å². The van der Waals surface area contributed by atoms with Gasteiger partial charge in [-0.1, -0.05) is 59.4 Å². The Morgan fingerprint density at radius 3 is 1.33 bits per heavy atom. The average Bonchev–Trinajstić information content (AvgIpc) is 2.63. The molecule has 2 aromatic rings. The maximum Gasteiger partial charge on any atom is 0.347 e. The molecular formula is C29H46O4. The molecule has 0 aromatic heterocycles. The lowest BCUT2D eigenvalue weighted by atomic mass is 10.0. The van der Waals surface area contributed by atoms with E-state index in [1.54, 1.807) is 0 Å². The molecule has 0 atom stereocenters. The molecule has 186 valence electrons. The normalized spacial score (nSPS) is 11.4. The van der Waals surface area contributed by atoms with Gasteiger partial charge in [0, 0.05) is 0 Å². The molecule has 2 aromatic carbocycles. The standard InChI is InChI=1S/C14H20O3.C14H22O.CH4/c1-10(2)9-11-5-7-12(8-6-11)17-14(3,4)13(15)16;1-11(2)10-12-6-8-13(9-7-12)15-14(3,4)5;/h5-8,10H,9H2,1-4H3,(H,15,16);6-9,11H,10H2,1-5H3;1H4. The molecule has 0 aliphatic carbocycles. The molecule has 33 heavy (non-hydrogen) atoms. The van der Waals surface area contributed by atoms with Crippen molar-refractivity contribution in [2.45, 2.75) is 93.8 Å². The second-order valence-electron chi connectivity index (χ2n) is 10.6. The minimum atomic E-state index is -1.19. The molecule has 0 amide bonds. The highest BCUT2D eigenvalue weighted by Gasteiger charge is 2.29. The van der Waals surface area contributed by atoms with Gasteiger partial charge in [-0.25, -0.2) is 4.79 Å². The van der Waals surface area contributed by atoms with E-state index in [0.717, 1.165) is 18.6 Å². The molecule has 0 fully saturated rings. The zero-order valence-electron chi connectivity index (χ0n) is 21.4. The Labute approximate surface area is 202 Å². The number of ether oxygens (including phenoxy) is 2. The van der Waals surface area contributed by atoms with E-state index in [1.807, 2.05) is 24.3 Å². The Hall–Kier alpha value is -2.49. The first-order valence-corrected chi connectivity index (χ1v) is 11.5. The third-order valence-corrected chi connectivity index (χ3v) is 4.45. The lowest BCUT2D eigenvalue weighted by molar-refractivity contribution is -0.152. The van der Waals surface area contributed by atoms with Gasteiger partial charge in [0.1, 0.15) is 17.1 Å². The van der Waals surface area contributed by atoms with Gasteiger partial charge in [0.05, 0.1) is 0 Å². The lowest BCUT2D eigenvalue weighted by Crippen LogP contribution is -2.37. The fourth-order valence-corrected chi connectivity index (χ4v) is 3.02.